The summed E-state index contributed by atoms with van der Waals surface area (Å²) in [7, 11) is 0. The molecule has 1 aliphatic carbocycles. The molecular formula is C14H17ClN4O. The molecule has 0 aromatic carbocycles. The number of aromatic nitrogens is 3. The van der Waals surface area contributed by atoms with Crippen molar-refractivity contribution in [2.45, 2.75) is 32.2 Å². The van der Waals surface area contributed by atoms with Gasteiger partial charge in [0.1, 0.15) is 11.3 Å². The number of nitrogens with zero attached hydrogens (tertiary/aromatic N) is 3. The number of aryl methyl sites for hydroxylation is 1. The lowest BCUT2D eigenvalue weighted by Gasteiger charge is -2.08. The molecule has 1 amide bonds. The van der Waals surface area contributed by atoms with Crippen molar-refractivity contribution in [3.8, 4) is 0 Å². The lowest BCUT2D eigenvalue weighted by atomic mass is 10.3. The molecule has 1 fully saturated rings. The number of hydrogen-bond donors (Lipinski definition) is 1. The molecule has 1 saturated carbocycles. The van der Waals surface area contributed by atoms with E-state index < -0.39 is 0 Å². The number of carbonyl (C=O) groups excluding carboxylic acids is 1. The number of fused-ring (bicyclic) bond motifs is 1. The largest absolute Gasteiger partial charge is 0.354 e. The summed E-state index contributed by atoms with van der Waals surface area (Å²) in [5.41, 5.74) is 2.63. The Bertz CT molecular complexity index is 648. The molecule has 3 rings (SSSR count). The molecule has 5 nitrogen and oxygen atoms in total. The van der Waals surface area contributed by atoms with Crippen molar-refractivity contribution < 1.29 is 4.79 Å². The number of pyridine rings is 1. The average molecular weight is 293 g/mol. The van der Waals surface area contributed by atoms with Crippen LogP contribution in [0.1, 0.15) is 24.4 Å². The minimum atomic E-state index is 0.158. The van der Waals surface area contributed by atoms with E-state index in [0.29, 0.717) is 19.0 Å². The van der Waals surface area contributed by atoms with Crippen LogP contribution in [0.3, 0.4) is 0 Å². The Morgan fingerprint density at radius 3 is 2.95 bits per heavy atom. The van der Waals surface area contributed by atoms with Crippen molar-refractivity contribution in [3.63, 3.8) is 0 Å². The zero-order chi connectivity index (χ0) is 14.1. The summed E-state index contributed by atoms with van der Waals surface area (Å²) in [5.74, 6) is 1.53. The summed E-state index contributed by atoms with van der Waals surface area (Å²) in [6, 6.07) is 3.89. The molecule has 2 heterocycles. The normalized spacial score (nSPS) is 14.7. The van der Waals surface area contributed by atoms with Gasteiger partial charge in [-0.25, -0.2) is 9.97 Å². The number of rotatable bonds is 5. The molecule has 20 heavy (non-hydrogen) atoms. The number of hydrogen-bond acceptors (Lipinski definition) is 3. The van der Waals surface area contributed by atoms with Gasteiger partial charge in [-0.15, -0.1) is 11.6 Å². The van der Waals surface area contributed by atoms with Crippen LogP contribution in [0.4, 0.5) is 0 Å². The number of imidazole rings is 1. The van der Waals surface area contributed by atoms with Crippen LogP contribution >= 0.6 is 11.6 Å². The van der Waals surface area contributed by atoms with E-state index in [1.54, 1.807) is 0 Å². The van der Waals surface area contributed by atoms with Gasteiger partial charge in [-0.1, -0.05) is 0 Å². The molecule has 0 spiro atoms. The van der Waals surface area contributed by atoms with E-state index >= 15 is 0 Å². The fourth-order valence-electron chi connectivity index (χ4n) is 2.26. The van der Waals surface area contributed by atoms with E-state index in [1.807, 2.05) is 23.6 Å². The van der Waals surface area contributed by atoms with E-state index in [0.717, 1.165) is 35.5 Å². The fraction of sp³-hybridized carbons (Fsp3) is 0.500. The topological polar surface area (TPSA) is 59.8 Å². The van der Waals surface area contributed by atoms with Gasteiger partial charge < -0.3 is 9.88 Å². The van der Waals surface area contributed by atoms with Crippen molar-refractivity contribution in [1.82, 2.24) is 19.9 Å². The summed E-state index contributed by atoms with van der Waals surface area (Å²) < 4.78 is 1.99. The van der Waals surface area contributed by atoms with Gasteiger partial charge in [-0.05, 0) is 31.9 Å². The predicted molar refractivity (Wildman–Crippen MR) is 77.6 cm³/mol. The van der Waals surface area contributed by atoms with Crippen LogP contribution in [0.15, 0.2) is 12.1 Å². The van der Waals surface area contributed by atoms with E-state index in [9.17, 15) is 4.79 Å². The first kappa shape index (κ1) is 13.4. The maximum Gasteiger partial charge on any atom is 0.223 e. The van der Waals surface area contributed by atoms with Gasteiger partial charge in [-0.2, -0.15) is 0 Å². The van der Waals surface area contributed by atoms with Gasteiger partial charge >= 0.3 is 0 Å². The Balaban J connectivity index is 1.77. The standard InChI is InChI=1S/C14H17ClN4O/c1-9-2-5-11-13(17-9)19(12(8-15)18-11)7-6-16-14(20)10-3-4-10/h2,5,10H,3-4,6-8H2,1H3,(H,16,20). The number of alkyl halides is 1. The maximum atomic E-state index is 11.6. The van der Waals surface area contributed by atoms with Gasteiger partial charge in [-0.3, -0.25) is 4.79 Å². The van der Waals surface area contributed by atoms with E-state index in [4.69, 9.17) is 11.6 Å². The summed E-state index contributed by atoms with van der Waals surface area (Å²) in [6.45, 7) is 3.18. The number of halogens is 1. The Hall–Kier alpha value is -1.62. The first-order valence-corrected chi connectivity index (χ1v) is 7.39. The van der Waals surface area contributed by atoms with Crippen LogP contribution < -0.4 is 5.32 Å². The first-order valence-electron chi connectivity index (χ1n) is 6.85. The van der Waals surface area contributed by atoms with Gasteiger partial charge in [0.05, 0.1) is 5.88 Å². The second kappa shape index (κ2) is 5.40. The molecule has 0 aliphatic heterocycles. The van der Waals surface area contributed by atoms with Gasteiger partial charge in [0.2, 0.25) is 5.91 Å². The molecule has 0 unspecified atom stereocenters. The van der Waals surface area contributed by atoms with Gasteiger partial charge in [0, 0.05) is 24.7 Å². The highest BCUT2D eigenvalue weighted by molar-refractivity contribution is 6.16. The summed E-state index contributed by atoms with van der Waals surface area (Å²) in [5, 5.41) is 2.96. The van der Waals surface area contributed by atoms with E-state index in [2.05, 4.69) is 15.3 Å². The van der Waals surface area contributed by atoms with Crippen LogP contribution in [0, 0.1) is 12.8 Å². The predicted octanol–water partition coefficient (Wildman–Crippen LogP) is 2.00. The Morgan fingerprint density at radius 2 is 2.25 bits per heavy atom. The second-order valence-corrected chi connectivity index (χ2v) is 5.44. The van der Waals surface area contributed by atoms with Crippen LogP contribution in [0.2, 0.25) is 0 Å². The second-order valence-electron chi connectivity index (χ2n) is 5.17. The number of nitrogens with one attached hydrogen (secondary N) is 1. The molecule has 0 bridgehead atoms. The van der Waals surface area contributed by atoms with Crippen molar-refractivity contribution in [2.24, 2.45) is 5.92 Å². The van der Waals surface area contributed by atoms with Crippen LogP contribution in [-0.4, -0.2) is 27.0 Å². The highest BCUT2D eigenvalue weighted by Gasteiger charge is 2.29. The monoisotopic (exact) mass is 292 g/mol. The SMILES string of the molecule is Cc1ccc2nc(CCl)n(CCNC(=O)C3CC3)c2n1. The van der Waals surface area contributed by atoms with Crippen LogP contribution in [0.5, 0.6) is 0 Å². The third-order valence-electron chi connectivity index (χ3n) is 3.51. The molecule has 106 valence electrons. The number of amides is 1. The van der Waals surface area contributed by atoms with Crippen molar-refractivity contribution >= 4 is 28.7 Å². The van der Waals surface area contributed by atoms with E-state index in [-0.39, 0.29) is 11.8 Å². The zero-order valence-corrected chi connectivity index (χ0v) is 12.2. The van der Waals surface area contributed by atoms with Crippen molar-refractivity contribution in [2.75, 3.05) is 6.54 Å². The van der Waals surface area contributed by atoms with E-state index in [1.165, 1.54) is 0 Å². The smallest absolute Gasteiger partial charge is 0.223 e. The molecular weight excluding hydrogens is 276 g/mol. The molecule has 2 aromatic heterocycles. The molecule has 1 N–H and O–H groups in total. The summed E-state index contributed by atoms with van der Waals surface area (Å²) in [6.07, 6.45) is 2.04. The fourth-order valence-corrected chi connectivity index (χ4v) is 2.46. The van der Waals surface area contributed by atoms with Gasteiger partial charge in [0.15, 0.2) is 5.65 Å². The highest BCUT2D eigenvalue weighted by Crippen LogP contribution is 2.28. The quantitative estimate of drug-likeness (QED) is 0.858. The Kier molecular flexibility index (Phi) is 3.61. The molecule has 0 saturated heterocycles. The lowest BCUT2D eigenvalue weighted by molar-refractivity contribution is -0.122. The number of carbonyl (C=O) groups is 1. The molecule has 0 radical (unpaired) electrons. The zero-order valence-electron chi connectivity index (χ0n) is 11.4. The molecule has 2 aromatic rings. The maximum absolute atomic E-state index is 11.6. The third-order valence-corrected chi connectivity index (χ3v) is 3.75. The summed E-state index contributed by atoms with van der Waals surface area (Å²) in [4.78, 5) is 20.6. The summed E-state index contributed by atoms with van der Waals surface area (Å²) >= 11 is 5.95. The Labute approximate surface area is 122 Å². The Morgan fingerprint density at radius 1 is 1.45 bits per heavy atom. The third kappa shape index (κ3) is 2.63. The van der Waals surface area contributed by atoms with Crippen LogP contribution in [0.25, 0.3) is 11.2 Å². The van der Waals surface area contributed by atoms with Crippen molar-refractivity contribution in [3.05, 3.63) is 23.7 Å². The van der Waals surface area contributed by atoms with Crippen molar-refractivity contribution in [1.29, 1.82) is 0 Å². The average Bonchev–Trinajstić information content (AvgIpc) is 3.23. The van der Waals surface area contributed by atoms with Gasteiger partial charge in [0.25, 0.3) is 0 Å². The van der Waals surface area contributed by atoms with Crippen LogP contribution in [-0.2, 0) is 17.2 Å². The minimum Gasteiger partial charge on any atom is -0.354 e. The molecule has 1 aliphatic rings. The minimum absolute atomic E-state index is 0.158. The molecule has 6 heteroatoms. The molecule has 0 atom stereocenters. The lowest BCUT2D eigenvalue weighted by Crippen LogP contribution is -2.28. The first-order chi connectivity index (χ1) is 9.69. The highest BCUT2D eigenvalue weighted by atomic mass is 35.5.